The topological polar surface area (TPSA) is 62.3 Å². The predicted molar refractivity (Wildman–Crippen MR) is 67.6 cm³/mol. The molecule has 0 aromatic carbocycles. The summed E-state index contributed by atoms with van der Waals surface area (Å²) in [5.41, 5.74) is 0. The van der Waals surface area contributed by atoms with E-state index >= 15 is 0 Å². The van der Waals surface area contributed by atoms with E-state index in [1.54, 1.807) is 0 Å². The number of halogens is 1. The quantitative estimate of drug-likeness (QED) is 0.622. The number of nitrogens with one attached hydrogen (secondary N) is 1. The highest BCUT2D eigenvalue weighted by Gasteiger charge is 2.13. The van der Waals surface area contributed by atoms with Crippen molar-refractivity contribution in [3.05, 3.63) is 23.5 Å². The first-order valence-corrected chi connectivity index (χ1v) is 7.04. The molecule has 0 saturated heterocycles. The monoisotopic (exact) mass is 277 g/mol. The van der Waals surface area contributed by atoms with Crippen molar-refractivity contribution in [2.24, 2.45) is 0 Å². The third-order valence-electron chi connectivity index (χ3n) is 2.08. The van der Waals surface area contributed by atoms with Crippen LogP contribution < -0.4 is 4.72 Å². The number of sulfonamides is 1. The minimum absolute atomic E-state index is 0.131. The van der Waals surface area contributed by atoms with Gasteiger partial charge in [0, 0.05) is 12.7 Å². The van der Waals surface area contributed by atoms with Gasteiger partial charge in [-0.15, -0.1) is 0 Å². The Labute approximate surface area is 107 Å². The molecule has 0 amide bonds. The molecule has 0 saturated carbocycles. The Hall–Kier alpha value is -0.690. The van der Waals surface area contributed by atoms with Crippen molar-refractivity contribution in [2.45, 2.75) is 11.3 Å². The van der Waals surface area contributed by atoms with Crippen molar-refractivity contribution in [3.8, 4) is 0 Å². The van der Waals surface area contributed by atoms with Crippen molar-refractivity contribution < 1.29 is 8.42 Å². The lowest BCUT2D eigenvalue weighted by Gasteiger charge is -2.10. The fourth-order valence-corrected chi connectivity index (χ4v) is 2.34. The molecule has 0 unspecified atom stereocenters. The molecule has 0 radical (unpaired) electrons. The molecule has 1 aromatic rings. The number of hydrogen-bond acceptors (Lipinski definition) is 4. The van der Waals surface area contributed by atoms with Gasteiger partial charge in [-0.25, -0.2) is 18.1 Å². The highest BCUT2D eigenvalue weighted by atomic mass is 35.5. The molecule has 5 nitrogen and oxygen atoms in total. The largest absolute Gasteiger partial charge is 0.309 e. The molecule has 1 rings (SSSR count). The lowest BCUT2D eigenvalue weighted by molar-refractivity contribution is 0.400. The molecule has 96 valence electrons. The molecule has 0 aliphatic heterocycles. The normalized spacial score (nSPS) is 12.0. The standard InChI is InChI=1S/C10H16ClN3O2S/c1-14(2)7-3-6-13-17(15,16)9-4-5-10(11)12-8-9/h4-5,8,13H,3,6-7H2,1-2H3. The first kappa shape index (κ1) is 14.4. The maximum absolute atomic E-state index is 11.8. The lowest BCUT2D eigenvalue weighted by atomic mass is 10.4. The zero-order valence-electron chi connectivity index (χ0n) is 9.85. The molecular weight excluding hydrogens is 262 g/mol. The third kappa shape index (κ3) is 4.99. The molecule has 17 heavy (non-hydrogen) atoms. The second-order valence-corrected chi connectivity index (χ2v) is 6.03. The van der Waals surface area contributed by atoms with Crippen molar-refractivity contribution in [1.29, 1.82) is 0 Å². The SMILES string of the molecule is CN(C)CCCNS(=O)(=O)c1ccc(Cl)nc1. The van der Waals surface area contributed by atoms with Crippen LogP contribution in [0.3, 0.4) is 0 Å². The van der Waals surface area contributed by atoms with Crippen LogP contribution in [0.15, 0.2) is 23.2 Å². The maximum Gasteiger partial charge on any atom is 0.242 e. The highest BCUT2D eigenvalue weighted by Crippen LogP contribution is 2.10. The number of pyridine rings is 1. The number of aromatic nitrogens is 1. The Bertz CT molecular complexity index is 445. The van der Waals surface area contributed by atoms with Crippen LogP contribution in [-0.2, 0) is 10.0 Å². The van der Waals surface area contributed by atoms with E-state index in [9.17, 15) is 8.42 Å². The van der Waals surface area contributed by atoms with Crippen LogP contribution >= 0.6 is 11.6 Å². The average Bonchev–Trinajstić information content (AvgIpc) is 2.25. The van der Waals surface area contributed by atoms with E-state index in [0.717, 1.165) is 13.0 Å². The summed E-state index contributed by atoms with van der Waals surface area (Å²) >= 11 is 5.59. The Balaban J connectivity index is 2.54. The second-order valence-electron chi connectivity index (χ2n) is 3.87. The molecule has 0 aliphatic carbocycles. The van der Waals surface area contributed by atoms with Gasteiger partial charge >= 0.3 is 0 Å². The molecule has 0 spiro atoms. The van der Waals surface area contributed by atoms with Crippen molar-refractivity contribution in [1.82, 2.24) is 14.6 Å². The molecule has 1 N–H and O–H groups in total. The highest BCUT2D eigenvalue weighted by molar-refractivity contribution is 7.89. The van der Waals surface area contributed by atoms with Gasteiger partial charge in [0.25, 0.3) is 0 Å². The minimum atomic E-state index is -3.46. The zero-order chi connectivity index (χ0) is 12.9. The second kappa shape index (κ2) is 6.30. The van der Waals surface area contributed by atoms with E-state index in [1.165, 1.54) is 18.3 Å². The van der Waals surface area contributed by atoms with Crippen LogP contribution in [-0.4, -0.2) is 45.5 Å². The summed E-state index contributed by atoms with van der Waals surface area (Å²) in [6.45, 7) is 1.24. The zero-order valence-corrected chi connectivity index (χ0v) is 11.4. The lowest BCUT2D eigenvalue weighted by Crippen LogP contribution is -2.27. The first-order valence-electron chi connectivity index (χ1n) is 5.18. The molecule has 0 fully saturated rings. The minimum Gasteiger partial charge on any atom is -0.309 e. The van der Waals surface area contributed by atoms with Crippen LogP contribution in [0.4, 0.5) is 0 Å². The van der Waals surface area contributed by atoms with Crippen LogP contribution in [0.2, 0.25) is 5.15 Å². The van der Waals surface area contributed by atoms with Crippen molar-refractivity contribution in [3.63, 3.8) is 0 Å². The molecular formula is C10H16ClN3O2S. The van der Waals surface area contributed by atoms with Crippen LogP contribution in [0.5, 0.6) is 0 Å². The molecule has 0 aliphatic rings. The van der Waals surface area contributed by atoms with Crippen molar-refractivity contribution in [2.75, 3.05) is 27.2 Å². The van der Waals surface area contributed by atoms with Crippen molar-refractivity contribution >= 4 is 21.6 Å². The van der Waals surface area contributed by atoms with Gasteiger partial charge in [0.1, 0.15) is 10.0 Å². The van der Waals surface area contributed by atoms with Crippen LogP contribution in [0.1, 0.15) is 6.42 Å². The van der Waals surface area contributed by atoms with Gasteiger partial charge in [0.05, 0.1) is 0 Å². The Morgan fingerprint density at radius 1 is 1.41 bits per heavy atom. The van der Waals surface area contributed by atoms with Gasteiger partial charge in [-0.2, -0.15) is 0 Å². The van der Waals surface area contributed by atoms with Gasteiger partial charge in [-0.1, -0.05) is 11.6 Å². The molecule has 0 atom stereocenters. The molecule has 7 heteroatoms. The Morgan fingerprint density at radius 2 is 2.12 bits per heavy atom. The van der Waals surface area contributed by atoms with Gasteiger partial charge in [-0.05, 0) is 39.2 Å². The summed E-state index contributed by atoms with van der Waals surface area (Å²) in [4.78, 5) is 5.87. The molecule has 0 bridgehead atoms. The number of rotatable bonds is 6. The average molecular weight is 278 g/mol. The molecule has 1 aromatic heterocycles. The summed E-state index contributed by atoms with van der Waals surface area (Å²) in [5, 5.41) is 0.275. The fourth-order valence-electron chi connectivity index (χ4n) is 1.21. The number of nitrogens with zero attached hydrogens (tertiary/aromatic N) is 2. The van der Waals surface area contributed by atoms with E-state index in [-0.39, 0.29) is 10.0 Å². The van der Waals surface area contributed by atoms with Gasteiger partial charge < -0.3 is 4.90 Å². The fraction of sp³-hybridized carbons (Fsp3) is 0.500. The van der Waals surface area contributed by atoms with Crippen LogP contribution in [0.25, 0.3) is 0 Å². The Kier molecular flexibility index (Phi) is 5.32. The van der Waals surface area contributed by atoms with Gasteiger partial charge in [0.15, 0.2) is 0 Å². The van der Waals surface area contributed by atoms with E-state index in [0.29, 0.717) is 6.54 Å². The molecule has 1 heterocycles. The predicted octanol–water partition coefficient (Wildman–Crippen LogP) is 0.965. The smallest absolute Gasteiger partial charge is 0.242 e. The van der Waals surface area contributed by atoms with Crippen LogP contribution in [0, 0.1) is 0 Å². The third-order valence-corrected chi connectivity index (χ3v) is 3.75. The van der Waals surface area contributed by atoms with E-state index < -0.39 is 10.0 Å². The summed E-state index contributed by atoms with van der Waals surface area (Å²) < 4.78 is 26.1. The summed E-state index contributed by atoms with van der Waals surface area (Å²) in [5.74, 6) is 0. The summed E-state index contributed by atoms with van der Waals surface area (Å²) in [7, 11) is 0.420. The van der Waals surface area contributed by atoms with E-state index in [2.05, 4.69) is 9.71 Å². The summed E-state index contributed by atoms with van der Waals surface area (Å²) in [6, 6.07) is 2.89. The maximum atomic E-state index is 11.8. The van der Waals surface area contributed by atoms with Gasteiger partial charge in [0.2, 0.25) is 10.0 Å². The Morgan fingerprint density at radius 3 is 2.65 bits per heavy atom. The first-order chi connectivity index (χ1) is 7.92. The van der Waals surface area contributed by atoms with Gasteiger partial charge in [-0.3, -0.25) is 0 Å². The number of hydrogen-bond donors (Lipinski definition) is 1. The van der Waals surface area contributed by atoms with E-state index in [4.69, 9.17) is 11.6 Å². The van der Waals surface area contributed by atoms with E-state index in [1.807, 2.05) is 19.0 Å². The summed E-state index contributed by atoms with van der Waals surface area (Å²) in [6.07, 6.45) is 2.00.